The van der Waals surface area contributed by atoms with Gasteiger partial charge in [-0.15, -0.1) is 0 Å². The summed E-state index contributed by atoms with van der Waals surface area (Å²) in [7, 11) is 1.58. The SMILES string of the molecule is CN(Cc1ccccc1)C(=O)COC(=O)c1cc2c(cc1[N+](=O)[O-])OCCO2. The highest BCUT2D eigenvalue weighted by atomic mass is 16.6. The van der Waals surface area contributed by atoms with Crippen LogP contribution in [0.3, 0.4) is 0 Å². The molecular formula is C19H18N2O7. The molecule has 0 unspecified atom stereocenters. The van der Waals surface area contributed by atoms with E-state index in [1.165, 1.54) is 11.0 Å². The molecule has 9 nitrogen and oxygen atoms in total. The molecule has 2 aromatic rings. The summed E-state index contributed by atoms with van der Waals surface area (Å²) in [6.07, 6.45) is 0. The Hall–Kier alpha value is -3.62. The Labute approximate surface area is 160 Å². The van der Waals surface area contributed by atoms with Crippen molar-refractivity contribution < 1.29 is 28.7 Å². The molecule has 146 valence electrons. The second-order valence-corrected chi connectivity index (χ2v) is 6.08. The van der Waals surface area contributed by atoms with E-state index in [9.17, 15) is 19.7 Å². The van der Waals surface area contributed by atoms with Gasteiger partial charge in [0.25, 0.3) is 11.6 Å². The first-order chi connectivity index (χ1) is 13.5. The van der Waals surface area contributed by atoms with Crippen molar-refractivity contribution in [3.05, 3.63) is 63.7 Å². The molecule has 2 aromatic carbocycles. The summed E-state index contributed by atoms with van der Waals surface area (Å²) in [5, 5.41) is 11.3. The van der Waals surface area contributed by atoms with E-state index in [2.05, 4.69) is 0 Å². The van der Waals surface area contributed by atoms with Crippen LogP contribution in [0, 0.1) is 10.1 Å². The molecule has 0 N–H and O–H groups in total. The zero-order valence-electron chi connectivity index (χ0n) is 15.1. The van der Waals surface area contributed by atoms with Crippen LogP contribution in [0.5, 0.6) is 11.5 Å². The first-order valence-corrected chi connectivity index (χ1v) is 8.48. The van der Waals surface area contributed by atoms with E-state index in [0.717, 1.165) is 11.6 Å². The number of likely N-dealkylation sites (N-methyl/N-ethyl adjacent to an activating group) is 1. The molecule has 1 heterocycles. The number of benzene rings is 2. The van der Waals surface area contributed by atoms with E-state index in [1.54, 1.807) is 7.05 Å². The van der Waals surface area contributed by atoms with Gasteiger partial charge in [0.05, 0.1) is 11.0 Å². The Bertz CT molecular complexity index is 899. The molecule has 0 aromatic heterocycles. The minimum absolute atomic E-state index is 0.188. The molecule has 0 radical (unpaired) electrons. The summed E-state index contributed by atoms with van der Waals surface area (Å²) in [6, 6.07) is 11.6. The van der Waals surface area contributed by atoms with Gasteiger partial charge in [-0.25, -0.2) is 4.79 Å². The molecule has 0 atom stereocenters. The average Bonchev–Trinajstić information content (AvgIpc) is 2.71. The second kappa shape index (κ2) is 8.38. The molecule has 0 bridgehead atoms. The van der Waals surface area contributed by atoms with Crippen molar-refractivity contribution in [3.63, 3.8) is 0 Å². The van der Waals surface area contributed by atoms with Crippen LogP contribution in [0.15, 0.2) is 42.5 Å². The molecular weight excluding hydrogens is 368 g/mol. The van der Waals surface area contributed by atoms with Gasteiger partial charge in [0.1, 0.15) is 18.8 Å². The number of nitro benzene ring substituents is 1. The largest absolute Gasteiger partial charge is 0.486 e. The fraction of sp³-hybridized carbons (Fsp3) is 0.263. The standard InChI is InChI=1S/C19H18N2O7/c1-20(11-13-5-3-2-4-6-13)18(22)12-28-19(23)14-9-16-17(27-8-7-26-16)10-15(14)21(24)25/h2-6,9-10H,7-8,11-12H2,1H3. The summed E-state index contributed by atoms with van der Waals surface area (Å²) in [6.45, 7) is 0.341. The normalized spacial score (nSPS) is 12.2. The molecule has 0 aliphatic carbocycles. The molecule has 1 amide bonds. The van der Waals surface area contributed by atoms with Gasteiger partial charge in [-0.2, -0.15) is 0 Å². The van der Waals surface area contributed by atoms with E-state index < -0.39 is 29.1 Å². The van der Waals surface area contributed by atoms with Crippen molar-refractivity contribution in [3.8, 4) is 11.5 Å². The smallest absolute Gasteiger partial charge is 0.345 e. The van der Waals surface area contributed by atoms with Gasteiger partial charge < -0.3 is 19.1 Å². The molecule has 28 heavy (non-hydrogen) atoms. The van der Waals surface area contributed by atoms with Crippen molar-refractivity contribution in [1.82, 2.24) is 4.90 Å². The van der Waals surface area contributed by atoms with Crippen LogP contribution in [-0.2, 0) is 16.1 Å². The van der Waals surface area contributed by atoms with E-state index in [-0.39, 0.29) is 30.3 Å². The van der Waals surface area contributed by atoms with Gasteiger partial charge in [-0.1, -0.05) is 30.3 Å². The third-order valence-electron chi connectivity index (χ3n) is 4.09. The summed E-state index contributed by atoms with van der Waals surface area (Å²) in [5.41, 5.74) is 0.152. The van der Waals surface area contributed by atoms with Crippen molar-refractivity contribution in [2.45, 2.75) is 6.54 Å². The van der Waals surface area contributed by atoms with Crippen molar-refractivity contribution in [2.24, 2.45) is 0 Å². The molecule has 0 saturated carbocycles. The highest BCUT2D eigenvalue weighted by Crippen LogP contribution is 2.36. The molecule has 1 aliphatic rings. The van der Waals surface area contributed by atoms with Gasteiger partial charge in [0.15, 0.2) is 18.1 Å². The number of hydrogen-bond acceptors (Lipinski definition) is 7. The van der Waals surface area contributed by atoms with Crippen LogP contribution >= 0.6 is 0 Å². The summed E-state index contributed by atoms with van der Waals surface area (Å²) in [5.74, 6) is -1.01. The van der Waals surface area contributed by atoms with Gasteiger partial charge in [-0.05, 0) is 5.56 Å². The maximum atomic E-state index is 12.3. The summed E-state index contributed by atoms with van der Waals surface area (Å²) >= 11 is 0. The lowest BCUT2D eigenvalue weighted by Gasteiger charge is -2.19. The lowest BCUT2D eigenvalue weighted by atomic mass is 10.1. The topological polar surface area (TPSA) is 108 Å². The van der Waals surface area contributed by atoms with E-state index >= 15 is 0 Å². The summed E-state index contributed by atoms with van der Waals surface area (Å²) in [4.78, 5) is 36.5. The van der Waals surface area contributed by atoms with Crippen LogP contribution in [0.4, 0.5) is 5.69 Å². The highest BCUT2D eigenvalue weighted by molar-refractivity contribution is 5.96. The van der Waals surface area contributed by atoms with Crippen molar-refractivity contribution >= 4 is 17.6 Å². The Morgan fingerprint density at radius 1 is 1.14 bits per heavy atom. The van der Waals surface area contributed by atoms with Crippen LogP contribution in [-0.4, -0.2) is 48.6 Å². The minimum Gasteiger partial charge on any atom is -0.486 e. The first-order valence-electron chi connectivity index (χ1n) is 8.48. The van der Waals surface area contributed by atoms with Crippen molar-refractivity contribution in [2.75, 3.05) is 26.9 Å². The van der Waals surface area contributed by atoms with Gasteiger partial charge in [0.2, 0.25) is 0 Å². The van der Waals surface area contributed by atoms with Crippen molar-refractivity contribution in [1.29, 1.82) is 0 Å². The lowest BCUT2D eigenvalue weighted by molar-refractivity contribution is -0.385. The average molecular weight is 386 g/mol. The maximum Gasteiger partial charge on any atom is 0.345 e. The van der Waals surface area contributed by atoms with Gasteiger partial charge in [0, 0.05) is 19.7 Å². The van der Waals surface area contributed by atoms with Crippen LogP contribution in [0.25, 0.3) is 0 Å². The highest BCUT2D eigenvalue weighted by Gasteiger charge is 2.28. The molecule has 3 rings (SSSR count). The third-order valence-corrected chi connectivity index (χ3v) is 4.09. The molecule has 0 fully saturated rings. The van der Waals surface area contributed by atoms with E-state index in [0.29, 0.717) is 6.54 Å². The van der Waals surface area contributed by atoms with Crippen LogP contribution < -0.4 is 9.47 Å². The summed E-state index contributed by atoms with van der Waals surface area (Å²) < 4.78 is 15.6. The minimum atomic E-state index is -0.981. The zero-order chi connectivity index (χ0) is 20.1. The van der Waals surface area contributed by atoms with Gasteiger partial charge in [-0.3, -0.25) is 14.9 Å². The maximum absolute atomic E-state index is 12.3. The fourth-order valence-electron chi connectivity index (χ4n) is 2.65. The molecule has 0 spiro atoms. The number of nitro groups is 1. The number of nitrogens with zero attached hydrogens (tertiary/aromatic N) is 2. The number of rotatable bonds is 6. The number of hydrogen-bond donors (Lipinski definition) is 0. The van der Waals surface area contributed by atoms with Gasteiger partial charge >= 0.3 is 5.97 Å². The molecule has 1 aliphatic heterocycles. The quantitative estimate of drug-likeness (QED) is 0.425. The third kappa shape index (κ3) is 4.37. The number of carbonyl (C=O) groups excluding carboxylic acids is 2. The van der Waals surface area contributed by atoms with E-state index in [4.69, 9.17) is 14.2 Å². The van der Waals surface area contributed by atoms with Crippen LogP contribution in [0.2, 0.25) is 0 Å². The predicted molar refractivity (Wildman–Crippen MR) is 97.3 cm³/mol. The second-order valence-electron chi connectivity index (χ2n) is 6.08. The Balaban J connectivity index is 1.67. The number of amides is 1. The lowest BCUT2D eigenvalue weighted by Crippen LogP contribution is -2.31. The number of ether oxygens (including phenoxy) is 3. The monoisotopic (exact) mass is 386 g/mol. The number of carbonyl (C=O) groups is 2. The Morgan fingerprint density at radius 3 is 2.43 bits per heavy atom. The Morgan fingerprint density at radius 2 is 1.79 bits per heavy atom. The predicted octanol–water partition coefficient (Wildman–Crippen LogP) is 2.18. The van der Waals surface area contributed by atoms with Crippen LogP contribution in [0.1, 0.15) is 15.9 Å². The van der Waals surface area contributed by atoms with E-state index in [1.807, 2.05) is 30.3 Å². The number of fused-ring (bicyclic) bond motifs is 1. The fourth-order valence-corrected chi connectivity index (χ4v) is 2.65. The Kier molecular flexibility index (Phi) is 5.73. The molecule has 9 heteroatoms. The molecule has 0 saturated heterocycles. The first kappa shape index (κ1) is 19.2. The number of esters is 1. The zero-order valence-corrected chi connectivity index (χ0v) is 15.1.